The van der Waals surface area contributed by atoms with Crippen molar-refractivity contribution in [3.63, 3.8) is 0 Å². The van der Waals surface area contributed by atoms with Crippen molar-refractivity contribution in [2.24, 2.45) is 0 Å². The van der Waals surface area contributed by atoms with Crippen LogP contribution in [-0.4, -0.2) is 0 Å². The van der Waals surface area contributed by atoms with Crippen LogP contribution in [0.1, 0.15) is 11.1 Å². The van der Waals surface area contributed by atoms with Crippen LogP contribution in [0.2, 0.25) is 0 Å². The fraction of sp³-hybridized carbons (Fsp3) is 0.0149. The first-order valence-electron chi connectivity index (χ1n) is 47.2. The molecule has 0 saturated heterocycles. The number of hydrogen-bond acceptors (Lipinski definition) is 3. The monoisotopic (exact) mass is 1740 g/mol. The van der Waals surface area contributed by atoms with Gasteiger partial charge in [0.1, 0.15) is 33.5 Å². The molecular weight excluding hydrogens is 1660 g/mol. The molecule has 0 fully saturated rings. The number of fused-ring (bicyclic) bond motifs is 15. The molecule has 3 heteroatoms. The second-order valence-corrected chi connectivity index (χ2v) is 35.9. The molecule has 0 spiro atoms. The largest absolute Gasteiger partial charge is 0.456 e. The zero-order chi connectivity index (χ0) is 91.0. The van der Waals surface area contributed by atoms with E-state index in [1.54, 1.807) is 0 Å². The minimum atomic E-state index is 0.887. The fourth-order valence-electron chi connectivity index (χ4n) is 21.9. The molecule has 0 radical (unpaired) electrons. The van der Waals surface area contributed by atoms with Gasteiger partial charge in [-0.3, -0.25) is 0 Å². The summed E-state index contributed by atoms with van der Waals surface area (Å²) in [5, 5.41) is 21.7. The standard InChI is InChI=1S/C50H32O.C44H28O.C40H28O/c1-4-16-33(17-5-1)36-30-37(34-18-6-2-7-19-34)32-38(31-36)39-28-29-46-49(44-26-14-15-27-45(44)51-46)50(39)48-42-24-12-10-22-40(42)47(35-20-8-3-9-21-35)41-23-11-13-25-43(41)48;1-3-14-29(15-4-1)31-18-13-19-32(28-31)33-26-27-40-43(38-24-11-12-25-39(38)45-40)44(33)42-36-22-9-7-20-34(36)41(30-16-5-2-6-17-30)35-21-8-10-23-37(35)42;1-25-22-26(2)24-28(23-25)29-20-21-36-39(34-18-10-11-19-35(34)41-36)40(29)38-32-16-8-6-14-30(32)37(27-12-4-3-5-13-27)31-15-7-9-17-33(31)38/h1-32H;1-28H;3-24H,1-2H3. The first-order chi connectivity index (χ1) is 67.8. The van der Waals surface area contributed by atoms with E-state index < -0.39 is 0 Å². The summed E-state index contributed by atoms with van der Waals surface area (Å²) in [6.45, 7) is 4.36. The number of rotatable bonds is 12. The average Bonchev–Trinajstić information content (AvgIpc) is 1.35. The summed E-state index contributed by atoms with van der Waals surface area (Å²) >= 11 is 0. The molecule has 0 aliphatic rings. The highest BCUT2D eigenvalue weighted by Crippen LogP contribution is 2.56. The molecule has 3 aromatic heterocycles. The average molecular weight is 1750 g/mol. The molecule has 27 rings (SSSR count). The second-order valence-electron chi connectivity index (χ2n) is 35.9. The quantitative estimate of drug-likeness (QED) is 0.114. The minimum absolute atomic E-state index is 0.887. The summed E-state index contributed by atoms with van der Waals surface area (Å²) in [6, 6.07) is 179. The highest BCUT2D eigenvalue weighted by molar-refractivity contribution is 6.32. The Bertz CT molecular complexity index is 9140. The van der Waals surface area contributed by atoms with Gasteiger partial charge < -0.3 is 13.3 Å². The number of para-hydroxylation sites is 3. The van der Waals surface area contributed by atoms with E-state index in [9.17, 15) is 0 Å². The zero-order valence-electron chi connectivity index (χ0n) is 75.6. The maximum atomic E-state index is 6.61. The lowest BCUT2D eigenvalue weighted by Gasteiger charge is -2.21. The van der Waals surface area contributed by atoms with Crippen LogP contribution in [0, 0.1) is 13.8 Å². The van der Waals surface area contributed by atoms with Crippen molar-refractivity contribution in [1.29, 1.82) is 0 Å². The van der Waals surface area contributed by atoms with Crippen molar-refractivity contribution < 1.29 is 13.3 Å². The number of aryl methyl sites for hydroxylation is 2. The van der Waals surface area contributed by atoms with Crippen molar-refractivity contribution >= 4 is 130 Å². The van der Waals surface area contributed by atoms with Gasteiger partial charge >= 0.3 is 0 Å². The van der Waals surface area contributed by atoms with Crippen molar-refractivity contribution in [2.45, 2.75) is 13.8 Å². The third-order valence-corrected chi connectivity index (χ3v) is 27.6. The van der Waals surface area contributed by atoms with Gasteiger partial charge in [-0.1, -0.05) is 448 Å². The van der Waals surface area contributed by atoms with E-state index in [2.05, 4.69) is 505 Å². The summed E-state index contributed by atoms with van der Waals surface area (Å²) in [5.74, 6) is 0. The molecule has 0 atom stereocenters. The predicted molar refractivity (Wildman–Crippen MR) is 581 cm³/mol. The van der Waals surface area contributed by atoms with Crippen LogP contribution in [0.4, 0.5) is 0 Å². The molecule has 0 amide bonds. The summed E-state index contributed by atoms with van der Waals surface area (Å²) in [4.78, 5) is 0. The summed E-state index contributed by atoms with van der Waals surface area (Å²) in [6.07, 6.45) is 0. The van der Waals surface area contributed by atoms with Crippen LogP contribution in [0.5, 0.6) is 0 Å². The van der Waals surface area contributed by atoms with Crippen LogP contribution in [-0.2, 0) is 0 Å². The highest BCUT2D eigenvalue weighted by Gasteiger charge is 2.30. The second kappa shape index (κ2) is 34.4. The molecule has 0 N–H and O–H groups in total. The van der Waals surface area contributed by atoms with E-state index >= 15 is 0 Å². The normalized spacial score (nSPS) is 11.6. The van der Waals surface area contributed by atoms with Crippen molar-refractivity contribution in [3.8, 4) is 134 Å². The van der Waals surface area contributed by atoms with Gasteiger partial charge in [0.15, 0.2) is 0 Å². The Balaban J connectivity index is 0.000000110. The molecule has 642 valence electrons. The van der Waals surface area contributed by atoms with Crippen molar-refractivity contribution in [2.75, 3.05) is 0 Å². The lowest BCUT2D eigenvalue weighted by atomic mass is 9.81. The lowest BCUT2D eigenvalue weighted by molar-refractivity contribution is 0.668. The molecule has 0 saturated carbocycles. The molecule has 137 heavy (non-hydrogen) atoms. The summed E-state index contributed by atoms with van der Waals surface area (Å²) in [7, 11) is 0. The van der Waals surface area contributed by atoms with E-state index in [-0.39, 0.29) is 0 Å². The van der Waals surface area contributed by atoms with E-state index in [0.717, 1.165) is 66.0 Å². The molecule has 0 bridgehead atoms. The topological polar surface area (TPSA) is 39.4 Å². The number of benzene rings is 24. The zero-order valence-corrected chi connectivity index (χ0v) is 75.6. The molecule has 0 unspecified atom stereocenters. The molecule has 3 nitrogen and oxygen atoms in total. The Morgan fingerprint density at radius 3 is 0.613 bits per heavy atom. The van der Waals surface area contributed by atoms with E-state index in [4.69, 9.17) is 13.3 Å². The van der Waals surface area contributed by atoms with Gasteiger partial charge in [-0.25, -0.2) is 0 Å². The van der Waals surface area contributed by atoms with Crippen molar-refractivity contribution in [3.05, 3.63) is 509 Å². The van der Waals surface area contributed by atoms with Gasteiger partial charge in [0.25, 0.3) is 0 Å². The summed E-state index contributed by atoms with van der Waals surface area (Å²) < 4.78 is 19.6. The fourth-order valence-corrected chi connectivity index (χ4v) is 21.9. The Morgan fingerprint density at radius 1 is 0.117 bits per heavy atom. The highest BCUT2D eigenvalue weighted by atomic mass is 16.3. The Kier molecular flexibility index (Phi) is 20.4. The van der Waals surface area contributed by atoms with E-state index in [0.29, 0.717) is 0 Å². The van der Waals surface area contributed by atoms with Gasteiger partial charge in [0, 0.05) is 49.0 Å². The Hall–Kier alpha value is -17.8. The van der Waals surface area contributed by atoms with E-state index in [1.807, 2.05) is 6.07 Å². The Morgan fingerprint density at radius 2 is 0.321 bits per heavy atom. The maximum absolute atomic E-state index is 6.61. The Labute approximate surface area is 794 Å². The van der Waals surface area contributed by atoms with Gasteiger partial charge in [-0.05, 0) is 256 Å². The maximum Gasteiger partial charge on any atom is 0.136 e. The smallest absolute Gasteiger partial charge is 0.136 e. The SMILES string of the molecule is Cc1cc(C)cc(-c2ccc3oc4ccccc4c3c2-c2c3ccccc3c(-c3ccccc3)c3ccccc23)c1.c1ccc(-c2cc(-c3ccccc3)cc(-c3ccc4oc5ccccc5c4c3-c3c4ccccc4c(-c4ccccc4)c4ccccc34)c2)cc1.c1ccc(-c2cccc(-c3ccc4oc5ccccc5c4c3-c3c4ccccc4c(-c4ccccc4)c4ccccc34)c2)cc1. The van der Waals surface area contributed by atoms with Gasteiger partial charge in [0.05, 0.1) is 0 Å². The number of furan rings is 3. The van der Waals surface area contributed by atoms with Gasteiger partial charge in [0.2, 0.25) is 0 Å². The molecule has 27 aromatic rings. The van der Waals surface area contributed by atoms with Crippen LogP contribution in [0.25, 0.3) is 264 Å². The molecule has 0 aliphatic heterocycles. The first-order valence-corrected chi connectivity index (χ1v) is 47.2. The van der Waals surface area contributed by atoms with Crippen LogP contribution in [0.15, 0.2) is 511 Å². The van der Waals surface area contributed by atoms with Crippen LogP contribution >= 0.6 is 0 Å². The molecule has 24 aromatic carbocycles. The predicted octanol–water partition coefficient (Wildman–Crippen LogP) is 38.3. The van der Waals surface area contributed by atoms with E-state index in [1.165, 1.54) is 209 Å². The third kappa shape index (κ3) is 14.3. The van der Waals surface area contributed by atoms with Crippen molar-refractivity contribution in [1.82, 2.24) is 0 Å². The third-order valence-electron chi connectivity index (χ3n) is 27.6. The lowest BCUT2D eigenvalue weighted by Crippen LogP contribution is -1.94. The van der Waals surface area contributed by atoms with Crippen LogP contribution in [0.3, 0.4) is 0 Å². The number of hydrogen-bond donors (Lipinski definition) is 0. The van der Waals surface area contributed by atoms with Gasteiger partial charge in [-0.15, -0.1) is 0 Å². The summed E-state index contributed by atoms with van der Waals surface area (Å²) in [5.41, 5.74) is 37.0. The molecule has 3 heterocycles. The molecule has 0 aliphatic carbocycles. The first kappa shape index (κ1) is 81.2. The molecular formula is C134H88O3. The van der Waals surface area contributed by atoms with Crippen LogP contribution < -0.4 is 0 Å². The minimum Gasteiger partial charge on any atom is -0.456 e. The van der Waals surface area contributed by atoms with Gasteiger partial charge in [-0.2, -0.15) is 0 Å².